The van der Waals surface area contributed by atoms with Crippen LogP contribution in [-0.4, -0.2) is 47.0 Å². The summed E-state index contributed by atoms with van der Waals surface area (Å²) >= 11 is 0. The lowest BCUT2D eigenvalue weighted by molar-refractivity contribution is -0.135. The minimum Gasteiger partial charge on any atom is -0.353 e. The molecule has 2 fully saturated rings. The summed E-state index contributed by atoms with van der Waals surface area (Å²) in [6.45, 7) is 7.30. The van der Waals surface area contributed by atoms with Crippen LogP contribution in [0.3, 0.4) is 0 Å². The number of anilines is 1. The van der Waals surface area contributed by atoms with Crippen molar-refractivity contribution in [2.75, 3.05) is 31.1 Å². The molecule has 0 bridgehead atoms. The number of aryl methyl sites for hydroxylation is 2. The van der Waals surface area contributed by atoms with E-state index in [1.807, 2.05) is 24.8 Å². The highest BCUT2D eigenvalue weighted by Crippen LogP contribution is 2.27. The Balaban J connectivity index is 1.60. The van der Waals surface area contributed by atoms with Gasteiger partial charge in [-0.3, -0.25) is 4.79 Å². The van der Waals surface area contributed by atoms with Gasteiger partial charge in [-0.15, -0.1) is 0 Å². The maximum Gasteiger partial charge on any atom is 0.225 e. The minimum absolute atomic E-state index is 0.292. The first kappa shape index (κ1) is 14.3. The lowest BCUT2D eigenvalue weighted by Gasteiger charge is -2.36. The summed E-state index contributed by atoms with van der Waals surface area (Å²) in [5, 5.41) is 0. The molecule has 1 aromatic rings. The van der Waals surface area contributed by atoms with Crippen LogP contribution in [0.1, 0.15) is 37.2 Å². The quantitative estimate of drug-likeness (QED) is 0.834. The Morgan fingerprint density at radius 1 is 1.10 bits per heavy atom. The van der Waals surface area contributed by atoms with Gasteiger partial charge < -0.3 is 9.80 Å². The van der Waals surface area contributed by atoms with Gasteiger partial charge in [0, 0.05) is 43.9 Å². The van der Waals surface area contributed by atoms with Crippen LogP contribution in [0.25, 0.3) is 0 Å². The van der Waals surface area contributed by atoms with Gasteiger partial charge in [0.1, 0.15) is 11.6 Å². The predicted molar refractivity (Wildman–Crippen MR) is 82.3 cm³/mol. The van der Waals surface area contributed by atoms with Crippen LogP contribution in [0.15, 0.2) is 6.07 Å². The molecule has 21 heavy (non-hydrogen) atoms. The monoisotopic (exact) mass is 288 g/mol. The van der Waals surface area contributed by atoms with Crippen LogP contribution in [0.4, 0.5) is 5.82 Å². The van der Waals surface area contributed by atoms with E-state index in [4.69, 9.17) is 0 Å². The molecule has 2 aliphatic rings. The minimum atomic E-state index is 0.292. The van der Waals surface area contributed by atoms with E-state index in [0.29, 0.717) is 11.8 Å². The molecule has 1 aliphatic carbocycles. The van der Waals surface area contributed by atoms with Crippen molar-refractivity contribution in [1.29, 1.82) is 0 Å². The van der Waals surface area contributed by atoms with Crippen molar-refractivity contribution in [3.8, 4) is 0 Å². The highest BCUT2D eigenvalue weighted by atomic mass is 16.2. The predicted octanol–water partition coefficient (Wildman–Crippen LogP) is 1.93. The number of hydrogen-bond acceptors (Lipinski definition) is 4. The second kappa shape index (κ2) is 6.00. The number of nitrogens with zero attached hydrogens (tertiary/aromatic N) is 4. The van der Waals surface area contributed by atoms with Crippen molar-refractivity contribution in [2.24, 2.45) is 5.92 Å². The number of rotatable bonds is 2. The Morgan fingerprint density at radius 2 is 1.76 bits per heavy atom. The average Bonchev–Trinajstić information content (AvgIpc) is 3.00. The van der Waals surface area contributed by atoms with Gasteiger partial charge >= 0.3 is 0 Å². The average molecular weight is 288 g/mol. The summed E-state index contributed by atoms with van der Waals surface area (Å²) in [7, 11) is 0. The van der Waals surface area contributed by atoms with E-state index in [0.717, 1.165) is 56.4 Å². The molecule has 114 valence electrons. The maximum absolute atomic E-state index is 12.4. The second-order valence-electron chi connectivity index (χ2n) is 6.21. The fourth-order valence-corrected chi connectivity index (χ4v) is 3.45. The molecule has 1 aromatic heterocycles. The van der Waals surface area contributed by atoms with Crippen molar-refractivity contribution >= 4 is 11.7 Å². The highest BCUT2D eigenvalue weighted by Gasteiger charge is 2.29. The molecule has 3 rings (SSSR count). The third-order valence-corrected chi connectivity index (χ3v) is 4.57. The maximum atomic E-state index is 12.4. The van der Waals surface area contributed by atoms with E-state index < -0.39 is 0 Å². The Hall–Kier alpha value is -1.65. The Kier molecular flexibility index (Phi) is 4.08. The largest absolute Gasteiger partial charge is 0.353 e. The van der Waals surface area contributed by atoms with Crippen molar-refractivity contribution in [2.45, 2.75) is 39.5 Å². The lowest BCUT2D eigenvalue weighted by Crippen LogP contribution is -2.50. The van der Waals surface area contributed by atoms with Crippen molar-refractivity contribution < 1.29 is 4.79 Å². The molecule has 1 amide bonds. The van der Waals surface area contributed by atoms with Crippen LogP contribution < -0.4 is 4.90 Å². The molecule has 0 aromatic carbocycles. The highest BCUT2D eigenvalue weighted by molar-refractivity contribution is 5.79. The standard InChI is InChI=1S/C16H24N4O/c1-12-11-15(18-13(2)17-12)19-7-9-20(10-8-19)16(21)14-5-3-4-6-14/h11,14H,3-10H2,1-2H3. The summed E-state index contributed by atoms with van der Waals surface area (Å²) in [6, 6.07) is 2.03. The molecule has 1 saturated heterocycles. The van der Waals surface area contributed by atoms with E-state index in [1.54, 1.807) is 0 Å². The molecule has 5 heteroatoms. The second-order valence-corrected chi connectivity index (χ2v) is 6.21. The van der Waals surface area contributed by atoms with Crippen LogP contribution in [-0.2, 0) is 4.79 Å². The zero-order valence-electron chi connectivity index (χ0n) is 13.0. The smallest absolute Gasteiger partial charge is 0.225 e. The summed E-state index contributed by atoms with van der Waals surface area (Å²) in [6.07, 6.45) is 4.61. The number of piperazine rings is 1. The van der Waals surface area contributed by atoms with Gasteiger partial charge in [-0.1, -0.05) is 12.8 Å². The first-order valence-electron chi connectivity index (χ1n) is 7.99. The SMILES string of the molecule is Cc1cc(N2CCN(C(=O)C3CCCC3)CC2)nc(C)n1. The molecule has 0 N–H and O–H groups in total. The Morgan fingerprint density at radius 3 is 2.38 bits per heavy atom. The fourth-order valence-electron chi connectivity index (χ4n) is 3.45. The summed E-state index contributed by atoms with van der Waals surface area (Å²) in [4.78, 5) is 25.6. The van der Waals surface area contributed by atoms with Gasteiger partial charge in [0.25, 0.3) is 0 Å². The van der Waals surface area contributed by atoms with E-state index >= 15 is 0 Å². The molecule has 5 nitrogen and oxygen atoms in total. The van der Waals surface area contributed by atoms with Crippen LogP contribution in [0.2, 0.25) is 0 Å². The topological polar surface area (TPSA) is 49.3 Å². The number of hydrogen-bond donors (Lipinski definition) is 0. The zero-order chi connectivity index (χ0) is 14.8. The molecule has 0 radical (unpaired) electrons. The number of carbonyl (C=O) groups excluding carboxylic acids is 1. The summed E-state index contributed by atoms with van der Waals surface area (Å²) in [5.41, 5.74) is 1.00. The van der Waals surface area contributed by atoms with Gasteiger partial charge in [-0.2, -0.15) is 0 Å². The number of amides is 1. The van der Waals surface area contributed by atoms with E-state index in [-0.39, 0.29) is 0 Å². The fraction of sp³-hybridized carbons (Fsp3) is 0.688. The van der Waals surface area contributed by atoms with E-state index in [9.17, 15) is 4.79 Å². The Labute approximate surface area is 126 Å². The first-order chi connectivity index (χ1) is 10.1. The normalized spacial score (nSPS) is 20.1. The summed E-state index contributed by atoms with van der Waals surface area (Å²) in [5.74, 6) is 2.48. The number of aromatic nitrogens is 2. The molecule has 0 spiro atoms. The van der Waals surface area contributed by atoms with E-state index in [1.165, 1.54) is 12.8 Å². The van der Waals surface area contributed by atoms with Gasteiger partial charge in [0.2, 0.25) is 5.91 Å². The third kappa shape index (κ3) is 3.17. The van der Waals surface area contributed by atoms with E-state index in [2.05, 4.69) is 14.9 Å². The first-order valence-corrected chi connectivity index (χ1v) is 7.99. The van der Waals surface area contributed by atoms with Gasteiger partial charge in [0.05, 0.1) is 0 Å². The molecular weight excluding hydrogens is 264 g/mol. The van der Waals surface area contributed by atoms with Crippen molar-refractivity contribution in [3.05, 3.63) is 17.6 Å². The van der Waals surface area contributed by atoms with Crippen molar-refractivity contribution in [3.63, 3.8) is 0 Å². The lowest BCUT2D eigenvalue weighted by atomic mass is 10.1. The molecular formula is C16H24N4O. The Bertz CT molecular complexity index is 497. The van der Waals surface area contributed by atoms with Crippen LogP contribution >= 0.6 is 0 Å². The number of carbonyl (C=O) groups is 1. The zero-order valence-corrected chi connectivity index (χ0v) is 13.0. The molecule has 0 unspecified atom stereocenters. The van der Waals surface area contributed by atoms with Crippen LogP contribution in [0.5, 0.6) is 0 Å². The van der Waals surface area contributed by atoms with Gasteiger partial charge in [-0.05, 0) is 26.7 Å². The molecule has 1 saturated carbocycles. The van der Waals surface area contributed by atoms with Crippen molar-refractivity contribution in [1.82, 2.24) is 14.9 Å². The third-order valence-electron chi connectivity index (χ3n) is 4.57. The van der Waals surface area contributed by atoms with Gasteiger partial charge in [0.15, 0.2) is 0 Å². The van der Waals surface area contributed by atoms with Gasteiger partial charge in [-0.25, -0.2) is 9.97 Å². The molecule has 1 aliphatic heterocycles. The van der Waals surface area contributed by atoms with Crippen LogP contribution in [0, 0.1) is 19.8 Å². The molecule has 2 heterocycles. The molecule has 0 atom stereocenters. The summed E-state index contributed by atoms with van der Waals surface area (Å²) < 4.78 is 0.